The Morgan fingerprint density at radius 3 is 2.50 bits per heavy atom. The number of nitrogens with one attached hydrogen (secondary N) is 1. The number of aryl methyl sites for hydroxylation is 1. The van der Waals surface area contributed by atoms with Gasteiger partial charge in [0.2, 0.25) is 0 Å². The van der Waals surface area contributed by atoms with Crippen LogP contribution in [0.15, 0.2) is 10.8 Å². The Bertz CT molecular complexity index is 509. The van der Waals surface area contributed by atoms with E-state index in [2.05, 4.69) is 44.7 Å². The van der Waals surface area contributed by atoms with Crippen LogP contribution in [0.1, 0.15) is 51.1 Å². The standard InChI is InChI=1S/C17H28BrN3Si/c1-3-15-16(18)17(20-12-19-15)21-13-6-8-14(9-7-13)22(2)10-4-5-11-22/h12-14H,3-11H2,1-2H3,(H,19,20,21). The zero-order valence-electron chi connectivity index (χ0n) is 13.9. The number of hydrogen-bond acceptors (Lipinski definition) is 3. The van der Waals surface area contributed by atoms with Crippen LogP contribution in [0.2, 0.25) is 24.2 Å². The molecule has 0 atom stereocenters. The topological polar surface area (TPSA) is 37.8 Å². The molecular formula is C17H28BrN3Si. The van der Waals surface area contributed by atoms with Gasteiger partial charge in [-0.1, -0.05) is 51.2 Å². The smallest absolute Gasteiger partial charge is 0.144 e. The normalized spacial score (nSPS) is 27.8. The molecule has 22 heavy (non-hydrogen) atoms. The Balaban J connectivity index is 1.58. The lowest BCUT2D eigenvalue weighted by Crippen LogP contribution is -2.37. The Morgan fingerprint density at radius 1 is 1.18 bits per heavy atom. The summed E-state index contributed by atoms with van der Waals surface area (Å²) in [7, 11) is -0.895. The first-order valence-corrected chi connectivity index (χ1v) is 12.7. The van der Waals surface area contributed by atoms with Gasteiger partial charge in [0, 0.05) is 6.04 Å². The summed E-state index contributed by atoms with van der Waals surface area (Å²) in [5, 5.41) is 3.66. The summed E-state index contributed by atoms with van der Waals surface area (Å²) in [6.45, 7) is 4.81. The van der Waals surface area contributed by atoms with E-state index in [0.29, 0.717) is 6.04 Å². The zero-order valence-corrected chi connectivity index (χ0v) is 16.5. The lowest BCUT2D eigenvalue weighted by atomic mass is 9.95. The maximum Gasteiger partial charge on any atom is 0.144 e. The summed E-state index contributed by atoms with van der Waals surface area (Å²) in [6.07, 6.45) is 11.1. The lowest BCUT2D eigenvalue weighted by Gasteiger charge is -2.38. The lowest BCUT2D eigenvalue weighted by molar-refractivity contribution is 0.451. The third-order valence-corrected chi connectivity index (χ3v) is 12.4. The van der Waals surface area contributed by atoms with Gasteiger partial charge >= 0.3 is 0 Å². The average molecular weight is 382 g/mol. The predicted octanol–water partition coefficient (Wildman–Crippen LogP) is 5.40. The Morgan fingerprint density at radius 2 is 1.86 bits per heavy atom. The molecule has 1 saturated carbocycles. The fourth-order valence-corrected chi connectivity index (χ4v) is 9.98. The molecule has 2 heterocycles. The van der Waals surface area contributed by atoms with Gasteiger partial charge in [-0.3, -0.25) is 0 Å². The van der Waals surface area contributed by atoms with Crippen LogP contribution in [0.25, 0.3) is 0 Å². The van der Waals surface area contributed by atoms with Crippen molar-refractivity contribution in [3.8, 4) is 0 Å². The van der Waals surface area contributed by atoms with E-state index in [-0.39, 0.29) is 0 Å². The van der Waals surface area contributed by atoms with Crippen LogP contribution in [0.5, 0.6) is 0 Å². The summed E-state index contributed by atoms with van der Waals surface area (Å²) in [5.41, 5.74) is 2.17. The molecule has 1 aromatic heterocycles. The van der Waals surface area contributed by atoms with Gasteiger partial charge < -0.3 is 5.32 Å². The number of nitrogens with zero attached hydrogens (tertiary/aromatic N) is 2. The summed E-state index contributed by atoms with van der Waals surface area (Å²) in [5.74, 6) is 0.986. The third-order valence-electron chi connectivity index (χ3n) is 6.00. The van der Waals surface area contributed by atoms with Gasteiger partial charge in [-0.15, -0.1) is 0 Å². The largest absolute Gasteiger partial charge is 0.366 e. The van der Waals surface area contributed by atoms with Gasteiger partial charge in [0.15, 0.2) is 0 Å². The Kier molecular flexibility index (Phi) is 5.23. The maximum atomic E-state index is 4.43. The van der Waals surface area contributed by atoms with Crippen LogP contribution >= 0.6 is 15.9 Å². The molecule has 0 unspecified atom stereocenters. The number of rotatable bonds is 4. The molecule has 3 rings (SSSR count). The zero-order chi connectivity index (χ0) is 15.6. The first-order valence-electron chi connectivity index (χ1n) is 8.88. The predicted molar refractivity (Wildman–Crippen MR) is 99.2 cm³/mol. The first kappa shape index (κ1) is 16.4. The highest BCUT2D eigenvalue weighted by molar-refractivity contribution is 9.10. The molecule has 2 aliphatic rings. The van der Waals surface area contributed by atoms with Gasteiger partial charge in [-0.2, -0.15) is 0 Å². The molecular weight excluding hydrogens is 354 g/mol. The van der Waals surface area contributed by atoms with E-state index in [0.717, 1.165) is 27.9 Å². The van der Waals surface area contributed by atoms with E-state index in [1.54, 1.807) is 18.4 Å². The molecule has 122 valence electrons. The Hall–Kier alpha value is -0.423. The van der Waals surface area contributed by atoms with E-state index >= 15 is 0 Å². The third kappa shape index (κ3) is 3.40. The fraction of sp³-hybridized carbons (Fsp3) is 0.765. The SMILES string of the molecule is CCc1ncnc(NC2CCC([Si]3(C)CCCC3)CC2)c1Br. The minimum atomic E-state index is -0.895. The highest BCUT2D eigenvalue weighted by atomic mass is 79.9. The van der Waals surface area contributed by atoms with Crippen molar-refractivity contribution in [2.75, 3.05) is 5.32 Å². The monoisotopic (exact) mass is 381 g/mol. The number of hydrogen-bond donors (Lipinski definition) is 1. The van der Waals surface area contributed by atoms with Crippen molar-refractivity contribution >= 4 is 29.8 Å². The molecule has 1 aromatic rings. The van der Waals surface area contributed by atoms with Crippen LogP contribution in [-0.2, 0) is 6.42 Å². The van der Waals surface area contributed by atoms with Crippen molar-refractivity contribution < 1.29 is 0 Å². The highest BCUT2D eigenvalue weighted by Crippen LogP contribution is 2.46. The number of aromatic nitrogens is 2. The van der Waals surface area contributed by atoms with E-state index in [1.165, 1.54) is 38.5 Å². The van der Waals surface area contributed by atoms with Crippen molar-refractivity contribution in [3.63, 3.8) is 0 Å². The van der Waals surface area contributed by atoms with Crippen LogP contribution in [0.3, 0.4) is 0 Å². The van der Waals surface area contributed by atoms with Crippen molar-refractivity contribution in [3.05, 3.63) is 16.5 Å². The molecule has 3 nitrogen and oxygen atoms in total. The van der Waals surface area contributed by atoms with Crippen LogP contribution in [0.4, 0.5) is 5.82 Å². The average Bonchev–Trinajstić information content (AvgIpc) is 2.98. The molecule has 2 fully saturated rings. The van der Waals surface area contributed by atoms with Crippen LogP contribution in [0, 0.1) is 0 Å². The molecule has 1 aliphatic heterocycles. The summed E-state index contributed by atoms with van der Waals surface area (Å²) in [4.78, 5) is 8.76. The van der Waals surface area contributed by atoms with E-state index in [1.807, 2.05) is 0 Å². The molecule has 5 heteroatoms. The molecule has 1 N–H and O–H groups in total. The quantitative estimate of drug-likeness (QED) is 0.709. The summed E-state index contributed by atoms with van der Waals surface area (Å²) >= 11 is 3.66. The molecule has 0 bridgehead atoms. The van der Waals surface area contributed by atoms with E-state index < -0.39 is 8.07 Å². The Labute approximate surface area is 143 Å². The minimum Gasteiger partial charge on any atom is -0.366 e. The van der Waals surface area contributed by atoms with Crippen molar-refractivity contribution in [2.24, 2.45) is 0 Å². The van der Waals surface area contributed by atoms with Crippen molar-refractivity contribution in [1.29, 1.82) is 0 Å². The fourth-order valence-electron chi connectivity index (χ4n) is 4.47. The number of anilines is 1. The second-order valence-electron chi connectivity index (χ2n) is 7.39. The van der Waals surface area contributed by atoms with Gasteiger partial charge in [0.1, 0.15) is 12.1 Å². The van der Waals surface area contributed by atoms with Crippen molar-refractivity contribution in [2.45, 2.75) is 82.1 Å². The van der Waals surface area contributed by atoms with Gasteiger partial charge in [-0.05, 0) is 40.7 Å². The van der Waals surface area contributed by atoms with Crippen LogP contribution in [-0.4, -0.2) is 24.1 Å². The second kappa shape index (κ2) is 6.99. The van der Waals surface area contributed by atoms with E-state index in [9.17, 15) is 0 Å². The van der Waals surface area contributed by atoms with Crippen molar-refractivity contribution in [1.82, 2.24) is 9.97 Å². The van der Waals surface area contributed by atoms with E-state index in [4.69, 9.17) is 0 Å². The maximum absolute atomic E-state index is 4.43. The van der Waals surface area contributed by atoms with Gasteiger partial charge in [-0.25, -0.2) is 9.97 Å². The molecule has 0 amide bonds. The molecule has 1 saturated heterocycles. The second-order valence-corrected chi connectivity index (χ2v) is 13.3. The number of halogens is 1. The minimum absolute atomic E-state index is 0.589. The highest BCUT2D eigenvalue weighted by Gasteiger charge is 2.40. The summed E-state index contributed by atoms with van der Waals surface area (Å²) < 4.78 is 1.05. The molecule has 0 aromatic carbocycles. The van der Waals surface area contributed by atoms with Gasteiger partial charge in [0.05, 0.1) is 18.2 Å². The van der Waals surface area contributed by atoms with Crippen LogP contribution < -0.4 is 5.32 Å². The first-order chi connectivity index (χ1) is 10.6. The molecule has 0 radical (unpaired) electrons. The van der Waals surface area contributed by atoms with Gasteiger partial charge in [0.25, 0.3) is 0 Å². The molecule has 1 aliphatic carbocycles. The molecule has 0 spiro atoms. The summed E-state index contributed by atoms with van der Waals surface area (Å²) in [6, 6.07) is 3.77.